The zero-order valence-electron chi connectivity index (χ0n) is 15.5. The maximum absolute atomic E-state index is 9.82. The number of pyridine rings is 1. The predicted octanol–water partition coefficient (Wildman–Crippen LogP) is 4.77. The molecule has 4 aromatic rings. The number of ether oxygens (including phenoxy) is 1. The van der Waals surface area contributed by atoms with E-state index < -0.39 is 0 Å². The average Bonchev–Trinajstić information content (AvgIpc) is 2.77. The van der Waals surface area contributed by atoms with Gasteiger partial charge in [-0.2, -0.15) is 0 Å². The lowest BCUT2D eigenvalue weighted by Gasteiger charge is -2.23. The van der Waals surface area contributed by atoms with Crippen LogP contribution in [0, 0.1) is 0 Å². The van der Waals surface area contributed by atoms with Crippen molar-refractivity contribution in [2.24, 2.45) is 0 Å². The molecule has 4 nitrogen and oxygen atoms in total. The van der Waals surface area contributed by atoms with Crippen molar-refractivity contribution in [2.45, 2.75) is 13.2 Å². The lowest BCUT2D eigenvalue weighted by molar-refractivity contribution is 0.288. The molecule has 0 aliphatic rings. The number of hydrogen-bond donors (Lipinski definition) is 1. The van der Waals surface area contributed by atoms with Gasteiger partial charge in [-0.25, -0.2) is 4.98 Å². The first-order valence-corrected chi connectivity index (χ1v) is 9.29. The van der Waals surface area contributed by atoms with Crippen molar-refractivity contribution >= 4 is 16.6 Å². The second-order valence-electron chi connectivity index (χ2n) is 6.61. The number of aromatic nitrogens is 1. The molecule has 0 fully saturated rings. The van der Waals surface area contributed by atoms with Gasteiger partial charge in [-0.1, -0.05) is 60.7 Å². The molecule has 0 bridgehead atoms. The monoisotopic (exact) mass is 370 g/mol. The molecule has 0 saturated carbocycles. The molecule has 4 heteroatoms. The fraction of sp³-hybridized carbons (Fsp3) is 0.125. The van der Waals surface area contributed by atoms with Crippen molar-refractivity contribution in [2.75, 3.05) is 11.6 Å². The molecule has 3 aromatic carbocycles. The minimum Gasteiger partial charge on any atom is -0.487 e. The summed E-state index contributed by atoms with van der Waals surface area (Å²) in [5.74, 6) is 0.749. The van der Waals surface area contributed by atoms with E-state index in [-0.39, 0.29) is 6.73 Å². The van der Waals surface area contributed by atoms with Crippen molar-refractivity contribution in [3.8, 4) is 5.75 Å². The molecule has 0 spiro atoms. The SMILES string of the molecule is OCN(Cc1ccccc1)c1cccc(OCc2ccc3ccccc3n2)c1. The topological polar surface area (TPSA) is 45.6 Å². The van der Waals surface area contributed by atoms with Gasteiger partial charge in [0, 0.05) is 23.7 Å². The normalized spacial score (nSPS) is 10.8. The van der Waals surface area contributed by atoms with Gasteiger partial charge in [0.1, 0.15) is 19.1 Å². The van der Waals surface area contributed by atoms with Crippen molar-refractivity contribution in [1.29, 1.82) is 0 Å². The highest BCUT2D eigenvalue weighted by Crippen LogP contribution is 2.23. The lowest BCUT2D eigenvalue weighted by atomic mass is 10.2. The maximum Gasteiger partial charge on any atom is 0.130 e. The van der Waals surface area contributed by atoms with Gasteiger partial charge < -0.3 is 14.7 Å². The number of nitrogens with zero attached hydrogens (tertiary/aromatic N) is 2. The molecule has 1 N–H and O–H groups in total. The maximum atomic E-state index is 9.82. The van der Waals surface area contributed by atoms with Gasteiger partial charge in [0.25, 0.3) is 0 Å². The van der Waals surface area contributed by atoms with Crippen molar-refractivity contribution in [1.82, 2.24) is 4.98 Å². The Morgan fingerprint density at radius 1 is 0.821 bits per heavy atom. The Bertz CT molecular complexity index is 1050. The number of aliphatic hydroxyl groups is 1. The number of benzene rings is 3. The lowest BCUT2D eigenvalue weighted by Crippen LogP contribution is -2.23. The summed E-state index contributed by atoms with van der Waals surface area (Å²) in [5.41, 5.74) is 3.90. The van der Waals surface area contributed by atoms with Crippen LogP contribution < -0.4 is 9.64 Å². The Morgan fingerprint density at radius 2 is 1.64 bits per heavy atom. The van der Waals surface area contributed by atoms with Gasteiger partial charge in [-0.3, -0.25) is 0 Å². The first-order chi connectivity index (χ1) is 13.8. The minimum absolute atomic E-state index is 0.0649. The van der Waals surface area contributed by atoms with Crippen molar-refractivity contribution in [3.63, 3.8) is 0 Å². The van der Waals surface area contributed by atoms with Crippen LogP contribution in [0.2, 0.25) is 0 Å². The summed E-state index contributed by atoms with van der Waals surface area (Å²) in [6, 6.07) is 30.0. The molecule has 1 heterocycles. The van der Waals surface area contributed by atoms with Crippen LogP contribution in [0.15, 0.2) is 91.0 Å². The molecule has 4 rings (SSSR count). The van der Waals surface area contributed by atoms with Crippen LogP contribution in [0.1, 0.15) is 11.3 Å². The third-order valence-electron chi connectivity index (χ3n) is 4.61. The van der Waals surface area contributed by atoms with Gasteiger partial charge in [-0.05, 0) is 29.8 Å². The number of aliphatic hydroxyl groups excluding tert-OH is 1. The van der Waals surface area contributed by atoms with Gasteiger partial charge in [0.05, 0.1) is 11.2 Å². The standard InChI is InChI=1S/C24H22N2O2/c27-18-26(16-19-7-2-1-3-8-19)22-10-6-11-23(15-22)28-17-21-14-13-20-9-4-5-12-24(20)25-21/h1-15,27H,16-18H2. The third kappa shape index (κ3) is 4.30. The van der Waals surface area contributed by atoms with E-state index in [9.17, 15) is 5.11 Å². The van der Waals surface area contributed by atoms with E-state index in [0.717, 1.165) is 33.6 Å². The second kappa shape index (κ2) is 8.55. The Hall–Kier alpha value is -3.37. The molecular weight excluding hydrogens is 348 g/mol. The Kier molecular flexibility index (Phi) is 5.50. The van der Waals surface area contributed by atoms with E-state index in [1.807, 2.05) is 77.7 Å². The summed E-state index contributed by atoms with van der Waals surface area (Å²) < 4.78 is 5.96. The highest BCUT2D eigenvalue weighted by atomic mass is 16.5. The van der Waals surface area contributed by atoms with E-state index in [1.165, 1.54) is 0 Å². The van der Waals surface area contributed by atoms with Crippen LogP contribution in [0.5, 0.6) is 5.75 Å². The number of anilines is 1. The molecule has 1 aromatic heterocycles. The highest BCUT2D eigenvalue weighted by Gasteiger charge is 2.08. The summed E-state index contributed by atoms with van der Waals surface area (Å²) in [5, 5.41) is 10.9. The zero-order valence-corrected chi connectivity index (χ0v) is 15.5. The molecule has 0 radical (unpaired) electrons. The van der Waals surface area contributed by atoms with Crippen molar-refractivity contribution in [3.05, 3.63) is 102 Å². The zero-order chi connectivity index (χ0) is 19.2. The van der Waals surface area contributed by atoms with E-state index in [4.69, 9.17) is 4.74 Å². The first-order valence-electron chi connectivity index (χ1n) is 9.29. The van der Waals surface area contributed by atoms with Crippen LogP contribution in [0.3, 0.4) is 0 Å². The van der Waals surface area contributed by atoms with Crippen molar-refractivity contribution < 1.29 is 9.84 Å². The molecule has 0 atom stereocenters. The highest BCUT2D eigenvalue weighted by molar-refractivity contribution is 5.78. The van der Waals surface area contributed by atoms with Gasteiger partial charge in [0.15, 0.2) is 0 Å². The number of hydrogen-bond acceptors (Lipinski definition) is 4. The summed E-state index contributed by atoms with van der Waals surface area (Å²) in [6.45, 7) is 0.962. The Labute approximate surface area is 164 Å². The van der Waals surface area contributed by atoms with E-state index in [0.29, 0.717) is 13.2 Å². The number of rotatable bonds is 7. The molecule has 28 heavy (non-hydrogen) atoms. The quantitative estimate of drug-likeness (QED) is 0.476. The van der Waals surface area contributed by atoms with E-state index in [2.05, 4.69) is 23.2 Å². The summed E-state index contributed by atoms with van der Waals surface area (Å²) in [6.07, 6.45) is 0. The molecule has 0 aliphatic heterocycles. The number of para-hydroxylation sites is 1. The summed E-state index contributed by atoms with van der Waals surface area (Å²) in [4.78, 5) is 6.54. The fourth-order valence-electron chi connectivity index (χ4n) is 3.14. The number of fused-ring (bicyclic) bond motifs is 1. The van der Waals surface area contributed by atoms with Crippen LogP contribution in [-0.2, 0) is 13.2 Å². The third-order valence-corrected chi connectivity index (χ3v) is 4.61. The molecule has 0 aliphatic carbocycles. The largest absolute Gasteiger partial charge is 0.487 e. The van der Waals surface area contributed by atoms with E-state index in [1.54, 1.807) is 0 Å². The molecule has 0 amide bonds. The van der Waals surface area contributed by atoms with Crippen LogP contribution in [-0.4, -0.2) is 16.8 Å². The summed E-state index contributed by atoms with van der Waals surface area (Å²) >= 11 is 0. The van der Waals surface area contributed by atoms with Gasteiger partial charge in [0.2, 0.25) is 0 Å². The van der Waals surface area contributed by atoms with Gasteiger partial charge >= 0.3 is 0 Å². The molecule has 140 valence electrons. The second-order valence-corrected chi connectivity index (χ2v) is 6.61. The van der Waals surface area contributed by atoms with Crippen LogP contribution in [0.4, 0.5) is 5.69 Å². The predicted molar refractivity (Wildman–Crippen MR) is 112 cm³/mol. The smallest absolute Gasteiger partial charge is 0.130 e. The summed E-state index contributed by atoms with van der Waals surface area (Å²) in [7, 11) is 0. The average molecular weight is 370 g/mol. The fourth-order valence-corrected chi connectivity index (χ4v) is 3.14. The Morgan fingerprint density at radius 3 is 2.50 bits per heavy atom. The minimum atomic E-state index is -0.0649. The van der Waals surface area contributed by atoms with Crippen LogP contribution >= 0.6 is 0 Å². The molecule has 0 unspecified atom stereocenters. The van der Waals surface area contributed by atoms with Gasteiger partial charge in [-0.15, -0.1) is 0 Å². The molecule has 0 saturated heterocycles. The Balaban J connectivity index is 1.46. The van der Waals surface area contributed by atoms with Crippen LogP contribution in [0.25, 0.3) is 10.9 Å². The first kappa shape index (κ1) is 18.0. The van der Waals surface area contributed by atoms with E-state index >= 15 is 0 Å². The molecular formula is C24H22N2O2.